The fourth-order valence-electron chi connectivity index (χ4n) is 3.16. The van der Waals surface area contributed by atoms with Crippen LogP contribution in [0.2, 0.25) is 5.02 Å². The fraction of sp³-hybridized carbons (Fsp3) is 0.409. The minimum atomic E-state index is 0. The van der Waals surface area contributed by atoms with Crippen molar-refractivity contribution in [1.82, 2.24) is 10.6 Å². The molecule has 0 radical (unpaired) electrons. The monoisotopic (exact) mass is 529 g/mol. The summed E-state index contributed by atoms with van der Waals surface area (Å²) in [6, 6.07) is 16.3. The first-order valence-corrected chi connectivity index (χ1v) is 10.1. The van der Waals surface area contributed by atoms with Gasteiger partial charge in [-0.15, -0.1) is 24.0 Å². The van der Waals surface area contributed by atoms with Crippen LogP contribution in [0.1, 0.15) is 18.4 Å². The van der Waals surface area contributed by atoms with E-state index < -0.39 is 0 Å². The zero-order valence-corrected chi connectivity index (χ0v) is 19.8. The molecule has 0 saturated carbocycles. The molecule has 1 aliphatic heterocycles. The van der Waals surface area contributed by atoms with Gasteiger partial charge >= 0.3 is 0 Å². The maximum atomic E-state index is 6.02. The van der Waals surface area contributed by atoms with Crippen LogP contribution in [0.4, 0.5) is 0 Å². The summed E-state index contributed by atoms with van der Waals surface area (Å²) in [5.74, 6) is 0.787. The van der Waals surface area contributed by atoms with Gasteiger partial charge in [0.2, 0.25) is 0 Å². The van der Waals surface area contributed by atoms with Crippen LogP contribution in [0, 0.1) is 0 Å². The van der Waals surface area contributed by atoms with E-state index in [0.717, 1.165) is 55.8 Å². The van der Waals surface area contributed by atoms with Crippen molar-refractivity contribution in [2.75, 3.05) is 33.4 Å². The van der Waals surface area contributed by atoms with Crippen LogP contribution in [0.15, 0.2) is 53.5 Å². The molecule has 2 N–H and O–H groups in total. The summed E-state index contributed by atoms with van der Waals surface area (Å²) in [5.41, 5.74) is 3.55. The maximum Gasteiger partial charge on any atom is 0.191 e. The number of nitrogens with one attached hydrogen (secondary N) is 2. The molecule has 2 aromatic carbocycles. The Morgan fingerprint density at radius 1 is 1.17 bits per heavy atom. The molecule has 1 unspecified atom stereocenters. The third-order valence-corrected chi connectivity index (χ3v) is 4.95. The standard InChI is InChI=1S/C22H28ClN3O2.HI/c1-24-22(25-12-4-13-28-20-11-14-27-16-20)26-15-18-5-2-3-6-21(18)17-7-9-19(23)10-8-17;/h2-3,5-10,20H,4,11-16H2,1H3,(H2,24,25,26);1H. The number of hydrogen-bond donors (Lipinski definition) is 2. The third kappa shape index (κ3) is 7.77. The van der Waals surface area contributed by atoms with Gasteiger partial charge in [-0.05, 0) is 41.7 Å². The molecule has 1 atom stereocenters. The van der Waals surface area contributed by atoms with Crippen LogP contribution >= 0.6 is 35.6 Å². The summed E-state index contributed by atoms with van der Waals surface area (Å²) < 4.78 is 11.1. The largest absolute Gasteiger partial charge is 0.379 e. The number of aliphatic imine (C=N–C) groups is 1. The third-order valence-electron chi connectivity index (χ3n) is 4.70. The van der Waals surface area contributed by atoms with Gasteiger partial charge < -0.3 is 20.1 Å². The number of ether oxygens (including phenoxy) is 2. The molecule has 1 fully saturated rings. The number of nitrogens with zero attached hydrogens (tertiary/aromatic N) is 1. The van der Waals surface area contributed by atoms with Crippen LogP contribution in [0.5, 0.6) is 0 Å². The Balaban J connectivity index is 0.00000300. The number of benzene rings is 2. The summed E-state index contributed by atoms with van der Waals surface area (Å²) in [6.45, 7) is 3.78. The van der Waals surface area contributed by atoms with Crippen LogP contribution < -0.4 is 10.6 Å². The first-order chi connectivity index (χ1) is 13.8. The van der Waals surface area contributed by atoms with E-state index in [1.54, 1.807) is 7.05 Å². The first kappa shape index (κ1) is 23.9. The minimum absolute atomic E-state index is 0. The molecule has 2 aromatic rings. The van der Waals surface area contributed by atoms with Gasteiger partial charge in [0.25, 0.3) is 0 Å². The van der Waals surface area contributed by atoms with Crippen molar-refractivity contribution < 1.29 is 9.47 Å². The lowest BCUT2D eigenvalue weighted by molar-refractivity contribution is 0.0420. The zero-order chi connectivity index (χ0) is 19.6. The predicted octanol–water partition coefficient (Wildman–Crippen LogP) is 4.49. The van der Waals surface area contributed by atoms with E-state index in [1.807, 2.05) is 24.3 Å². The average Bonchev–Trinajstić information content (AvgIpc) is 3.24. The lowest BCUT2D eigenvalue weighted by Gasteiger charge is -2.15. The molecule has 0 aromatic heterocycles. The summed E-state index contributed by atoms with van der Waals surface area (Å²) >= 11 is 6.02. The van der Waals surface area contributed by atoms with Gasteiger partial charge in [-0.2, -0.15) is 0 Å². The summed E-state index contributed by atoms with van der Waals surface area (Å²) in [4.78, 5) is 4.31. The van der Waals surface area contributed by atoms with Crippen LogP contribution in [-0.4, -0.2) is 45.5 Å². The van der Waals surface area contributed by atoms with Gasteiger partial charge in [-0.25, -0.2) is 0 Å². The minimum Gasteiger partial charge on any atom is -0.379 e. The van der Waals surface area contributed by atoms with Crippen molar-refractivity contribution in [2.24, 2.45) is 4.99 Å². The van der Waals surface area contributed by atoms with Gasteiger partial charge in [0.15, 0.2) is 5.96 Å². The van der Waals surface area contributed by atoms with Crippen molar-refractivity contribution >= 4 is 41.5 Å². The Bertz CT molecular complexity index is 765. The molecule has 0 bridgehead atoms. The van der Waals surface area contributed by atoms with E-state index >= 15 is 0 Å². The van der Waals surface area contributed by atoms with Crippen molar-refractivity contribution in [3.63, 3.8) is 0 Å². The molecule has 1 aliphatic rings. The molecule has 0 amide bonds. The molecule has 0 aliphatic carbocycles. The van der Waals surface area contributed by atoms with E-state index in [2.05, 4.69) is 39.9 Å². The van der Waals surface area contributed by atoms with Crippen LogP contribution in [0.3, 0.4) is 0 Å². The number of hydrogen-bond acceptors (Lipinski definition) is 3. The number of halogens is 2. The number of guanidine groups is 1. The molecule has 29 heavy (non-hydrogen) atoms. The van der Waals surface area contributed by atoms with Crippen molar-refractivity contribution in [2.45, 2.75) is 25.5 Å². The Morgan fingerprint density at radius 2 is 1.97 bits per heavy atom. The van der Waals surface area contributed by atoms with Crippen molar-refractivity contribution in [3.8, 4) is 11.1 Å². The SMILES string of the molecule is CN=C(NCCCOC1CCOC1)NCc1ccccc1-c1ccc(Cl)cc1.I. The molecule has 7 heteroatoms. The van der Waals surface area contributed by atoms with Crippen molar-refractivity contribution in [3.05, 3.63) is 59.1 Å². The van der Waals surface area contributed by atoms with E-state index in [-0.39, 0.29) is 30.1 Å². The highest BCUT2D eigenvalue weighted by molar-refractivity contribution is 14.0. The summed E-state index contributed by atoms with van der Waals surface area (Å²) in [6.07, 6.45) is 2.20. The smallest absolute Gasteiger partial charge is 0.191 e. The zero-order valence-electron chi connectivity index (χ0n) is 16.7. The van der Waals surface area contributed by atoms with E-state index in [1.165, 1.54) is 11.1 Å². The van der Waals surface area contributed by atoms with Gasteiger partial charge in [0.1, 0.15) is 0 Å². The topological polar surface area (TPSA) is 54.9 Å². The molecule has 1 saturated heterocycles. The highest BCUT2D eigenvalue weighted by Crippen LogP contribution is 2.25. The lowest BCUT2D eigenvalue weighted by atomic mass is 10.00. The fourth-order valence-corrected chi connectivity index (χ4v) is 3.28. The summed E-state index contributed by atoms with van der Waals surface area (Å²) in [7, 11) is 1.78. The van der Waals surface area contributed by atoms with Gasteiger partial charge in [0, 0.05) is 38.4 Å². The first-order valence-electron chi connectivity index (χ1n) is 9.74. The molecular weight excluding hydrogens is 501 g/mol. The van der Waals surface area contributed by atoms with Crippen molar-refractivity contribution in [1.29, 1.82) is 0 Å². The van der Waals surface area contributed by atoms with Gasteiger partial charge in [0.05, 0.1) is 12.7 Å². The average molecular weight is 530 g/mol. The molecule has 1 heterocycles. The van der Waals surface area contributed by atoms with E-state index in [9.17, 15) is 0 Å². The Hall–Kier alpha value is -1.35. The molecule has 3 rings (SSSR count). The van der Waals surface area contributed by atoms with Crippen LogP contribution in [-0.2, 0) is 16.0 Å². The molecular formula is C22H29ClIN3O2. The molecule has 158 valence electrons. The highest BCUT2D eigenvalue weighted by atomic mass is 127. The normalized spacial score (nSPS) is 16.3. The quantitative estimate of drug-likeness (QED) is 0.229. The van der Waals surface area contributed by atoms with Gasteiger partial charge in [-0.3, -0.25) is 4.99 Å². The van der Waals surface area contributed by atoms with E-state index in [0.29, 0.717) is 6.54 Å². The maximum absolute atomic E-state index is 6.02. The lowest BCUT2D eigenvalue weighted by Crippen LogP contribution is -2.37. The Kier molecular flexibility index (Phi) is 10.8. The Morgan fingerprint density at radius 3 is 2.69 bits per heavy atom. The molecule has 5 nitrogen and oxygen atoms in total. The summed E-state index contributed by atoms with van der Waals surface area (Å²) in [5, 5.41) is 7.48. The van der Waals surface area contributed by atoms with E-state index in [4.69, 9.17) is 21.1 Å². The highest BCUT2D eigenvalue weighted by Gasteiger charge is 2.15. The Labute approximate surface area is 195 Å². The second-order valence-corrected chi connectivity index (χ2v) is 7.16. The second kappa shape index (κ2) is 13.1. The predicted molar refractivity (Wildman–Crippen MR) is 130 cm³/mol. The second-order valence-electron chi connectivity index (χ2n) is 6.73. The van der Waals surface area contributed by atoms with Gasteiger partial charge in [-0.1, -0.05) is 48.0 Å². The number of rotatable bonds is 8. The molecule has 0 spiro atoms. The van der Waals surface area contributed by atoms with Crippen LogP contribution in [0.25, 0.3) is 11.1 Å².